The topological polar surface area (TPSA) is 0 Å². The van der Waals surface area contributed by atoms with E-state index in [1.165, 1.54) is 38.5 Å². The van der Waals surface area contributed by atoms with Gasteiger partial charge in [-0.05, 0) is 0 Å². The Morgan fingerprint density at radius 3 is 1.68 bits per heavy atom. The molecule has 0 aliphatic heterocycles. The Bertz CT molecular complexity index is 454. The van der Waals surface area contributed by atoms with Gasteiger partial charge in [0.2, 0.25) is 0 Å². The molecule has 0 heterocycles. The molecule has 0 spiro atoms. The van der Waals surface area contributed by atoms with E-state index in [1.807, 2.05) is 0 Å². The van der Waals surface area contributed by atoms with Crippen molar-refractivity contribution in [1.82, 2.24) is 0 Å². The van der Waals surface area contributed by atoms with Crippen molar-refractivity contribution in [3.63, 3.8) is 0 Å². The van der Waals surface area contributed by atoms with Gasteiger partial charge in [0.1, 0.15) is 0 Å². The average Bonchev–Trinajstić information content (AvgIpc) is 2.56. The van der Waals surface area contributed by atoms with E-state index in [-0.39, 0.29) is 0 Å². The van der Waals surface area contributed by atoms with Crippen molar-refractivity contribution in [2.45, 2.75) is 49.2 Å². The molecule has 0 N–H and O–H groups in total. The van der Waals surface area contributed by atoms with Gasteiger partial charge in [0.25, 0.3) is 0 Å². The number of rotatable bonds is 10. The van der Waals surface area contributed by atoms with Crippen molar-refractivity contribution in [1.29, 1.82) is 0 Å². The molecule has 0 radical (unpaired) electrons. The molecule has 0 aliphatic carbocycles. The fourth-order valence-electron chi connectivity index (χ4n) is 2.36. The maximum atomic E-state index is 2.31. The van der Waals surface area contributed by atoms with Gasteiger partial charge in [-0.15, -0.1) is 0 Å². The van der Waals surface area contributed by atoms with Crippen LogP contribution in [0.2, 0.25) is 3.71 Å². The Kier molecular flexibility index (Phi) is 8.98. The van der Waals surface area contributed by atoms with Crippen LogP contribution in [0.1, 0.15) is 45.4 Å². The first kappa shape index (κ1) is 17.8. The van der Waals surface area contributed by atoms with Gasteiger partial charge in [0.15, 0.2) is 0 Å². The van der Waals surface area contributed by atoms with Gasteiger partial charge >= 0.3 is 149 Å². The monoisotopic (exact) mass is 426 g/mol. The summed E-state index contributed by atoms with van der Waals surface area (Å²) in [4.78, 5) is 0. The quantitative estimate of drug-likeness (QED) is 0.397. The predicted octanol–water partition coefficient (Wildman–Crippen LogP) is 4.15. The second kappa shape index (κ2) is 11.1. The van der Waals surface area contributed by atoms with Gasteiger partial charge in [0, 0.05) is 0 Å². The Balaban J connectivity index is 1.88. The molecule has 0 amide bonds. The maximum absolute atomic E-state index is 2.31. The third-order valence-electron chi connectivity index (χ3n) is 3.56. The molecule has 0 aliphatic rings. The van der Waals surface area contributed by atoms with E-state index in [1.54, 1.807) is 8.92 Å². The van der Waals surface area contributed by atoms with Crippen molar-refractivity contribution >= 4 is 38.8 Å². The first-order chi connectivity index (χ1) is 10.9. The van der Waals surface area contributed by atoms with Gasteiger partial charge in [-0.2, -0.15) is 0 Å². The van der Waals surface area contributed by atoms with Crippen LogP contribution in [0, 0.1) is 0 Å². The normalized spacial score (nSPS) is 11.0. The van der Waals surface area contributed by atoms with E-state index in [2.05, 4.69) is 67.6 Å². The van der Waals surface area contributed by atoms with Crippen LogP contribution in [0.25, 0.3) is 0 Å². The number of hydrogen-bond donors (Lipinski definition) is 0. The summed E-state index contributed by atoms with van der Waals surface area (Å²) in [5.41, 5.74) is 0. The molecule has 0 bridgehead atoms. The van der Waals surface area contributed by atoms with E-state index in [9.17, 15) is 0 Å². The first-order valence-corrected chi connectivity index (χ1v) is 12.0. The summed E-state index contributed by atoms with van der Waals surface area (Å²) in [7, 11) is 0. The van der Waals surface area contributed by atoms with Crippen molar-refractivity contribution < 1.29 is 0 Å². The van der Waals surface area contributed by atoms with Gasteiger partial charge in [-0.25, -0.2) is 0 Å². The van der Waals surface area contributed by atoms with Crippen molar-refractivity contribution in [3.8, 4) is 0 Å². The minimum absolute atomic E-state index is 0.613. The van der Waals surface area contributed by atoms with Crippen LogP contribution in [0.3, 0.4) is 0 Å². The van der Waals surface area contributed by atoms with Crippen LogP contribution in [0.5, 0.6) is 0 Å². The summed E-state index contributed by atoms with van der Waals surface area (Å²) in [5, 5.41) is 0. The molecule has 0 nitrogen and oxygen atoms in total. The Morgan fingerprint density at radius 1 is 0.682 bits per heavy atom. The molecule has 2 heteroatoms. The Labute approximate surface area is 148 Å². The van der Waals surface area contributed by atoms with E-state index in [0.717, 1.165) is 3.71 Å². The van der Waals surface area contributed by atoms with E-state index >= 15 is 0 Å². The number of benzene rings is 2. The molecule has 22 heavy (non-hydrogen) atoms. The molecule has 2 aromatic carbocycles. The molecule has 0 saturated carbocycles. The molecule has 0 aromatic heterocycles. The molecule has 2 aromatic rings. The van der Waals surface area contributed by atoms with Crippen LogP contribution in [-0.4, -0.2) is 29.9 Å². The van der Waals surface area contributed by atoms with Gasteiger partial charge < -0.3 is 0 Å². The SMILES string of the molecule is CCCCCCCC([Se]c1ccccc1)[Se]c1ccccc1. The van der Waals surface area contributed by atoms with Gasteiger partial charge in [-0.1, -0.05) is 0 Å². The fraction of sp³-hybridized carbons (Fsp3) is 0.400. The van der Waals surface area contributed by atoms with E-state index in [4.69, 9.17) is 0 Å². The predicted molar refractivity (Wildman–Crippen MR) is 101 cm³/mol. The molecule has 0 unspecified atom stereocenters. The van der Waals surface area contributed by atoms with Crippen LogP contribution >= 0.6 is 0 Å². The second-order valence-electron chi connectivity index (χ2n) is 5.49. The summed E-state index contributed by atoms with van der Waals surface area (Å²) in [6, 6.07) is 22.2. The van der Waals surface area contributed by atoms with Crippen LogP contribution in [-0.2, 0) is 0 Å². The molecular weight excluding hydrogens is 398 g/mol. The average molecular weight is 424 g/mol. The summed E-state index contributed by atoms with van der Waals surface area (Å²) in [6.07, 6.45) is 8.39. The number of unbranched alkanes of at least 4 members (excludes halogenated alkanes) is 4. The summed E-state index contributed by atoms with van der Waals surface area (Å²) in [5.74, 6) is 0. The molecule has 0 atom stereocenters. The minimum atomic E-state index is 0.613. The molecular formula is C20H26Se2. The Hall–Kier alpha value is -0.521. The molecule has 0 fully saturated rings. The number of hydrogen-bond acceptors (Lipinski definition) is 0. The third kappa shape index (κ3) is 7.16. The standard InChI is InChI=1S/C20H26Se2/c1-2-3-4-5-12-17-20(21-18-13-8-6-9-14-18)22-19-15-10-7-11-16-19/h6-11,13-16,20H,2-5,12,17H2,1H3. The zero-order valence-electron chi connectivity index (χ0n) is 13.4. The van der Waals surface area contributed by atoms with Crippen molar-refractivity contribution in [3.05, 3.63) is 60.7 Å². The van der Waals surface area contributed by atoms with Crippen molar-refractivity contribution in [2.24, 2.45) is 0 Å². The van der Waals surface area contributed by atoms with Crippen molar-refractivity contribution in [2.75, 3.05) is 0 Å². The molecule has 0 saturated heterocycles. The summed E-state index contributed by atoms with van der Waals surface area (Å²) >= 11 is 1.23. The van der Waals surface area contributed by atoms with Crippen LogP contribution in [0.4, 0.5) is 0 Å². The fourth-order valence-corrected chi connectivity index (χ4v) is 9.19. The Morgan fingerprint density at radius 2 is 1.18 bits per heavy atom. The molecule has 2 rings (SSSR count). The van der Waals surface area contributed by atoms with Crippen LogP contribution < -0.4 is 8.92 Å². The van der Waals surface area contributed by atoms with E-state index in [0.29, 0.717) is 29.9 Å². The zero-order valence-corrected chi connectivity index (χ0v) is 16.8. The van der Waals surface area contributed by atoms with Gasteiger partial charge in [-0.3, -0.25) is 0 Å². The summed E-state index contributed by atoms with van der Waals surface area (Å²) in [6.45, 7) is 2.29. The van der Waals surface area contributed by atoms with Crippen LogP contribution in [0.15, 0.2) is 60.7 Å². The second-order valence-corrected chi connectivity index (χ2v) is 12.4. The first-order valence-electron chi connectivity index (χ1n) is 8.32. The zero-order chi connectivity index (χ0) is 15.5. The summed E-state index contributed by atoms with van der Waals surface area (Å²) < 4.78 is 4.02. The van der Waals surface area contributed by atoms with E-state index < -0.39 is 0 Å². The van der Waals surface area contributed by atoms with Gasteiger partial charge in [0.05, 0.1) is 0 Å². The third-order valence-corrected chi connectivity index (χ3v) is 10.0. The molecule has 118 valence electrons.